The van der Waals surface area contributed by atoms with E-state index in [2.05, 4.69) is 22.2 Å². The maximum absolute atomic E-state index is 13.7. The van der Waals surface area contributed by atoms with E-state index in [0.717, 1.165) is 31.2 Å². The number of aromatic nitrogens is 1. The third-order valence-electron chi connectivity index (χ3n) is 8.30. The van der Waals surface area contributed by atoms with Crippen LogP contribution in [0.3, 0.4) is 0 Å². The Morgan fingerprint density at radius 1 is 1.10 bits per heavy atom. The van der Waals surface area contributed by atoms with Gasteiger partial charge in [0, 0.05) is 29.6 Å². The molecule has 1 fully saturated rings. The Kier molecular flexibility index (Phi) is 14.6. The number of thiazole rings is 1. The van der Waals surface area contributed by atoms with E-state index in [0.29, 0.717) is 42.3 Å². The van der Waals surface area contributed by atoms with Crippen LogP contribution in [0.5, 0.6) is 0 Å². The predicted molar refractivity (Wildman–Crippen MR) is 195 cm³/mol. The number of amides is 2. The molecule has 1 aromatic carbocycles. The average molecular weight is 712 g/mol. The summed E-state index contributed by atoms with van der Waals surface area (Å²) in [6.45, 7) is 6.52. The lowest BCUT2D eigenvalue weighted by Gasteiger charge is -2.39. The van der Waals surface area contributed by atoms with E-state index in [1.54, 1.807) is 34.0 Å². The first-order valence-electron chi connectivity index (χ1n) is 16.1. The zero-order chi connectivity index (χ0) is 36.2. The highest BCUT2D eigenvalue weighted by molar-refractivity contribution is 7.81. The molecule has 0 aliphatic heterocycles. The van der Waals surface area contributed by atoms with Crippen molar-refractivity contribution in [1.82, 2.24) is 9.88 Å². The lowest BCUT2D eigenvalue weighted by Crippen LogP contribution is -2.51. The molecule has 1 unspecified atom stereocenters. The normalized spacial score (nSPS) is 19.4. The summed E-state index contributed by atoms with van der Waals surface area (Å²) in [5.41, 5.74) is 19.3. The molecule has 0 bridgehead atoms. The van der Waals surface area contributed by atoms with Gasteiger partial charge in [-0.15, -0.1) is 11.3 Å². The minimum absolute atomic E-state index is 0.0129. The van der Waals surface area contributed by atoms with Gasteiger partial charge in [0.15, 0.2) is 5.96 Å². The zero-order valence-corrected chi connectivity index (χ0v) is 29.5. The minimum atomic E-state index is -1.12. The van der Waals surface area contributed by atoms with Gasteiger partial charge < -0.3 is 37.6 Å². The molecule has 1 saturated carbocycles. The molecule has 4 rings (SSSR count). The van der Waals surface area contributed by atoms with Crippen LogP contribution in [-0.4, -0.2) is 79.3 Å². The molecule has 2 aromatic rings. The van der Waals surface area contributed by atoms with E-state index in [-0.39, 0.29) is 40.2 Å². The number of guanidine groups is 1. The first-order chi connectivity index (χ1) is 23.2. The number of rotatable bonds is 12. The third-order valence-corrected chi connectivity index (χ3v) is 9.35. The monoisotopic (exact) mass is 711 g/mol. The van der Waals surface area contributed by atoms with Crippen molar-refractivity contribution >= 4 is 69.4 Å². The second-order valence-corrected chi connectivity index (χ2v) is 13.5. The number of carbonyl (C=O) groups is 4. The standard InChI is InChI=1S/C28H31N3O4S2.C6H14N4O2/c1-16(2)31(27(33)19-6-4-17(3)5-7-19)24-13-20(12-22(25(24)36)28(34)35)18-8-10-21(11-9-18)30-26(32)23-14-37-15-29-23;7-4(5(11)12)2-1-3-10-6(8)9/h8-17,19,24H,4-7H2,1-3H3,(H,30,32)(H,34,35);4H,1-3,7H2,(H,11,12)(H4,8,9,10)/t;4-/m.0/s1. The highest BCUT2D eigenvalue weighted by Gasteiger charge is 2.37. The molecule has 9 N–H and O–H groups in total. The molecule has 15 heteroatoms. The van der Waals surface area contributed by atoms with Gasteiger partial charge in [-0.1, -0.05) is 31.3 Å². The van der Waals surface area contributed by atoms with Gasteiger partial charge in [0.2, 0.25) is 5.91 Å². The van der Waals surface area contributed by atoms with E-state index in [4.69, 9.17) is 34.5 Å². The maximum atomic E-state index is 13.7. The SMILES string of the molecule is CC1CCC(C(=O)N(C(C)C)C2C=C(c3ccc(NC(=O)c4cscn4)cc3)C=C(C(=O)O)C2=S)CC1.NC(N)=NCCC[C@H](N)C(=O)O. The van der Waals surface area contributed by atoms with Gasteiger partial charge in [-0.25, -0.2) is 9.78 Å². The smallest absolute Gasteiger partial charge is 0.336 e. The number of thiocarbonyl (C=S) groups is 1. The molecule has 0 radical (unpaired) electrons. The summed E-state index contributed by atoms with van der Waals surface area (Å²) < 4.78 is 0. The molecule has 2 aliphatic carbocycles. The summed E-state index contributed by atoms with van der Waals surface area (Å²) in [4.78, 5) is 58.0. The number of benzene rings is 1. The number of nitrogens with two attached hydrogens (primary N) is 3. The molecule has 0 spiro atoms. The second kappa shape index (κ2) is 18.3. The van der Waals surface area contributed by atoms with Crippen molar-refractivity contribution < 1.29 is 29.4 Å². The van der Waals surface area contributed by atoms with E-state index < -0.39 is 24.0 Å². The molecule has 49 heavy (non-hydrogen) atoms. The first kappa shape index (κ1) is 39.0. The number of carboxylic acids is 2. The molecule has 2 atom stereocenters. The van der Waals surface area contributed by atoms with Crippen molar-refractivity contribution in [3.05, 3.63) is 64.1 Å². The number of anilines is 1. The van der Waals surface area contributed by atoms with Gasteiger partial charge in [-0.2, -0.15) is 0 Å². The summed E-state index contributed by atoms with van der Waals surface area (Å²) in [5.74, 6) is -1.81. The Balaban J connectivity index is 0.000000463. The molecule has 1 aromatic heterocycles. The van der Waals surface area contributed by atoms with Crippen LogP contribution in [0, 0.1) is 11.8 Å². The van der Waals surface area contributed by atoms with Crippen LogP contribution in [0.2, 0.25) is 0 Å². The van der Waals surface area contributed by atoms with Crippen molar-refractivity contribution in [3.63, 3.8) is 0 Å². The van der Waals surface area contributed by atoms with Crippen molar-refractivity contribution in [2.45, 2.75) is 77.4 Å². The molecule has 264 valence electrons. The second-order valence-electron chi connectivity index (χ2n) is 12.4. The minimum Gasteiger partial charge on any atom is -0.480 e. The van der Waals surface area contributed by atoms with Crippen LogP contribution in [-0.2, 0) is 14.4 Å². The van der Waals surface area contributed by atoms with E-state index >= 15 is 0 Å². The highest BCUT2D eigenvalue weighted by Crippen LogP contribution is 2.34. The van der Waals surface area contributed by atoms with Gasteiger partial charge in [0.25, 0.3) is 5.91 Å². The van der Waals surface area contributed by atoms with Gasteiger partial charge in [0.05, 0.1) is 22.0 Å². The fraction of sp³-hybridized carbons (Fsp3) is 0.441. The Hall–Kier alpha value is -4.47. The maximum Gasteiger partial charge on any atom is 0.336 e. The van der Waals surface area contributed by atoms with Gasteiger partial charge in [-0.3, -0.25) is 19.4 Å². The van der Waals surface area contributed by atoms with E-state index in [1.807, 2.05) is 32.1 Å². The lowest BCUT2D eigenvalue weighted by atomic mass is 9.81. The number of aliphatic carboxylic acids is 2. The van der Waals surface area contributed by atoms with Gasteiger partial charge >= 0.3 is 11.9 Å². The molecule has 0 saturated heterocycles. The predicted octanol–water partition coefficient (Wildman–Crippen LogP) is 4.06. The lowest BCUT2D eigenvalue weighted by molar-refractivity contribution is -0.139. The number of allylic oxidation sites excluding steroid dienone is 2. The fourth-order valence-corrected chi connectivity index (χ4v) is 6.43. The van der Waals surface area contributed by atoms with Crippen LogP contribution in [0.15, 0.2) is 57.9 Å². The molecule has 2 aliphatic rings. The quantitative estimate of drug-likeness (QED) is 0.0796. The average Bonchev–Trinajstić information content (AvgIpc) is 3.60. The Bertz CT molecular complexity index is 1580. The van der Waals surface area contributed by atoms with Gasteiger partial charge in [0.1, 0.15) is 11.7 Å². The van der Waals surface area contributed by atoms with Gasteiger partial charge in [-0.05, 0) is 93.7 Å². The Morgan fingerprint density at radius 2 is 1.76 bits per heavy atom. The number of nitrogens with zero attached hydrogens (tertiary/aromatic N) is 3. The number of carboxylic acid groups (broad SMARTS) is 2. The van der Waals surface area contributed by atoms with Crippen LogP contribution in [0.4, 0.5) is 5.69 Å². The van der Waals surface area contributed by atoms with Crippen molar-refractivity contribution in [3.8, 4) is 0 Å². The van der Waals surface area contributed by atoms with Crippen LogP contribution in [0.1, 0.15) is 75.3 Å². The van der Waals surface area contributed by atoms with Crippen LogP contribution >= 0.6 is 23.6 Å². The molecule has 1 heterocycles. The number of hydrogen-bond acceptors (Lipinski definition) is 9. The number of hydrogen-bond donors (Lipinski definition) is 6. The number of nitrogens with one attached hydrogen (secondary N) is 1. The van der Waals surface area contributed by atoms with Crippen molar-refractivity contribution in [2.75, 3.05) is 11.9 Å². The molecule has 2 amide bonds. The van der Waals surface area contributed by atoms with Crippen molar-refractivity contribution in [1.29, 1.82) is 0 Å². The summed E-state index contributed by atoms with van der Waals surface area (Å²) in [7, 11) is 0. The largest absolute Gasteiger partial charge is 0.480 e. The number of aliphatic imine (C=N–C) groups is 1. The Morgan fingerprint density at radius 3 is 2.29 bits per heavy atom. The molecular weight excluding hydrogens is 667 g/mol. The Labute approximate surface area is 295 Å². The fourth-order valence-electron chi connectivity index (χ4n) is 5.57. The third kappa shape index (κ3) is 11.3. The first-order valence-corrected chi connectivity index (χ1v) is 17.4. The summed E-state index contributed by atoms with van der Waals surface area (Å²) in [6, 6.07) is 5.54. The topological polar surface area (TPSA) is 227 Å². The molecule has 13 nitrogen and oxygen atoms in total. The highest BCUT2D eigenvalue weighted by atomic mass is 32.1. The molecular formula is C34H45N7O6S2. The summed E-state index contributed by atoms with van der Waals surface area (Å²) in [6.07, 6.45) is 8.13. The van der Waals surface area contributed by atoms with E-state index in [9.17, 15) is 24.3 Å². The van der Waals surface area contributed by atoms with Crippen molar-refractivity contribution in [2.24, 2.45) is 34.0 Å². The van der Waals surface area contributed by atoms with Crippen LogP contribution in [0.25, 0.3) is 5.57 Å². The van der Waals surface area contributed by atoms with Crippen LogP contribution < -0.4 is 22.5 Å². The summed E-state index contributed by atoms with van der Waals surface area (Å²) in [5, 5.41) is 22.8. The summed E-state index contributed by atoms with van der Waals surface area (Å²) >= 11 is 6.98. The van der Waals surface area contributed by atoms with E-state index in [1.165, 1.54) is 11.3 Å². The zero-order valence-electron chi connectivity index (χ0n) is 27.9. The number of carbonyl (C=O) groups excluding carboxylic acids is 2.